The quantitative estimate of drug-likeness (QED) is 0.890. The molecule has 0 spiro atoms. The summed E-state index contributed by atoms with van der Waals surface area (Å²) < 4.78 is 1.09. The second-order valence-corrected chi connectivity index (χ2v) is 5.68. The molecule has 1 aliphatic rings. The van der Waals surface area contributed by atoms with Crippen LogP contribution in [0.4, 0.5) is 0 Å². The van der Waals surface area contributed by atoms with Gasteiger partial charge in [-0.3, -0.25) is 5.10 Å². The van der Waals surface area contributed by atoms with E-state index in [9.17, 15) is 0 Å². The van der Waals surface area contributed by atoms with E-state index in [1.165, 1.54) is 24.1 Å². The van der Waals surface area contributed by atoms with Crippen LogP contribution in [-0.4, -0.2) is 16.7 Å². The Morgan fingerprint density at radius 2 is 2.06 bits per heavy atom. The van der Waals surface area contributed by atoms with Crippen molar-refractivity contribution >= 4 is 15.9 Å². The maximum atomic E-state index is 4.48. The van der Waals surface area contributed by atoms with Crippen LogP contribution in [0.5, 0.6) is 0 Å². The largest absolute Gasteiger partial charge is 0.309 e. The molecule has 2 N–H and O–H groups in total. The zero-order valence-corrected chi connectivity index (χ0v) is 11.9. The average Bonchev–Trinajstić information content (AvgIpc) is 2.99. The highest BCUT2D eigenvalue weighted by molar-refractivity contribution is 9.10. The van der Waals surface area contributed by atoms with Crippen LogP contribution < -0.4 is 5.32 Å². The van der Waals surface area contributed by atoms with Crippen LogP contribution in [0.15, 0.2) is 28.7 Å². The van der Waals surface area contributed by atoms with Crippen molar-refractivity contribution in [3.05, 3.63) is 40.0 Å². The summed E-state index contributed by atoms with van der Waals surface area (Å²) in [7, 11) is 0. The van der Waals surface area contributed by atoms with Gasteiger partial charge in [-0.1, -0.05) is 28.1 Å². The van der Waals surface area contributed by atoms with Gasteiger partial charge in [-0.25, -0.2) is 0 Å². The molecule has 0 saturated carbocycles. The minimum absolute atomic E-state index is 0.446. The average molecular weight is 306 g/mol. The number of hydrogen-bond acceptors (Lipinski definition) is 2. The molecule has 0 bridgehead atoms. The standard InChI is InChI=1S/C14H16BrN3/c1-9-13(10-4-6-11(15)7-5-10)17-18-14(9)12-3-2-8-16-12/h4-7,12,16H,2-3,8H2,1H3,(H,17,18). The van der Waals surface area contributed by atoms with Crippen molar-refractivity contribution in [2.24, 2.45) is 0 Å². The Labute approximate surface area is 115 Å². The number of benzene rings is 1. The summed E-state index contributed by atoms with van der Waals surface area (Å²) in [6.45, 7) is 3.26. The van der Waals surface area contributed by atoms with Crippen LogP contribution in [0, 0.1) is 6.92 Å². The lowest BCUT2D eigenvalue weighted by Gasteiger charge is -2.08. The third-order valence-electron chi connectivity index (χ3n) is 3.57. The van der Waals surface area contributed by atoms with Crippen LogP contribution >= 0.6 is 15.9 Å². The van der Waals surface area contributed by atoms with Gasteiger partial charge in [0.15, 0.2) is 0 Å². The molecule has 18 heavy (non-hydrogen) atoms. The topological polar surface area (TPSA) is 40.7 Å². The number of rotatable bonds is 2. The third-order valence-corrected chi connectivity index (χ3v) is 4.10. The lowest BCUT2D eigenvalue weighted by atomic mass is 10.0. The fourth-order valence-electron chi connectivity index (χ4n) is 2.57. The minimum Gasteiger partial charge on any atom is -0.309 e. The molecule has 2 aromatic rings. The Hall–Kier alpha value is -1.13. The van der Waals surface area contributed by atoms with Crippen LogP contribution in [0.3, 0.4) is 0 Å². The Balaban J connectivity index is 1.96. The molecule has 2 heterocycles. The molecule has 0 aliphatic carbocycles. The highest BCUT2D eigenvalue weighted by Crippen LogP contribution is 2.30. The molecule has 1 fully saturated rings. The Bertz CT molecular complexity index is 539. The van der Waals surface area contributed by atoms with Gasteiger partial charge in [0.05, 0.1) is 11.4 Å². The number of nitrogens with one attached hydrogen (secondary N) is 2. The fraction of sp³-hybridized carbons (Fsp3) is 0.357. The molecule has 1 aromatic carbocycles. The molecule has 94 valence electrons. The van der Waals surface area contributed by atoms with E-state index in [1.54, 1.807) is 0 Å². The molecule has 1 atom stereocenters. The van der Waals surface area contributed by atoms with E-state index in [0.29, 0.717) is 6.04 Å². The molecule has 0 radical (unpaired) electrons. The molecule has 4 heteroatoms. The van der Waals surface area contributed by atoms with Crippen LogP contribution in [-0.2, 0) is 0 Å². The maximum absolute atomic E-state index is 4.48. The van der Waals surface area contributed by atoms with Gasteiger partial charge in [0.25, 0.3) is 0 Å². The van der Waals surface area contributed by atoms with Crippen molar-refractivity contribution in [1.29, 1.82) is 0 Å². The van der Waals surface area contributed by atoms with Gasteiger partial charge < -0.3 is 5.32 Å². The number of aromatic nitrogens is 2. The zero-order chi connectivity index (χ0) is 12.5. The second-order valence-electron chi connectivity index (χ2n) is 4.77. The number of nitrogens with zero attached hydrogens (tertiary/aromatic N) is 1. The predicted molar refractivity (Wildman–Crippen MR) is 76.4 cm³/mol. The molecule has 1 unspecified atom stereocenters. The van der Waals surface area contributed by atoms with Crippen molar-refractivity contribution in [2.45, 2.75) is 25.8 Å². The first-order chi connectivity index (χ1) is 8.75. The summed E-state index contributed by atoms with van der Waals surface area (Å²) in [6, 6.07) is 8.74. The summed E-state index contributed by atoms with van der Waals surface area (Å²) in [5.74, 6) is 0. The zero-order valence-electron chi connectivity index (χ0n) is 10.3. The summed E-state index contributed by atoms with van der Waals surface area (Å²) in [5, 5.41) is 11.2. The van der Waals surface area contributed by atoms with Crippen LogP contribution in [0.1, 0.15) is 30.1 Å². The van der Waals surface area contributed by atoms with Crippen LogP contribution in [0.2, 0.25) is 0 Å². The van der Waals surface area contributed by atoms with Gasteiger partial charge in [0, 0.05) is 16.1 Å². The summed E-state index contributed by atoms with van der Waals surface area (Å²) >= 11 is 3.46. The first-order valence-corrected chi connectivity index (χ1v) is 7.09. The number of aromatic amines is 1. The molecule has 1 aliphatic heterocycles. The summed E-state index contributed by atoms with van der Waals surface area (Å²) in [6.07, 6.45) is 2.44. The lowest BCUT2D eigenvalue weighted by Crippen LogP contribution is -2.14. The number of halogens is 1. The smallest absolute Gasteiger partial charge is 0.0953 e. The molecule has 3 nitrogen and oxygen atoms in total. The van der Waals surface area contributed by atoms with E-state index >= 15 is 0 Å². The van der Waals surface area contributed by atoms with E-state index in [1.807, 2.05) is 0 Å². The van der Waals surface area contributed by atoms with Crippen molar-refractivity contribution in [2.75, 3.05) is 6.54 Å². The van der Waals surface area contributed by atoms with Gasteiger partial charge in [-0.2, -0.15) is 5.10 Å². The summed E-state index contributed by atoms with van der Waals surface area (Å²) in [4.78, 5) is 0. The van der Waals surface area contributed by atoms with Gasteiger partial charge in [-0.15, -0.1) is 0 Å². The molecule has 1 saturated heterocycles. The van der Waals surface area contributed by atoms with E-state index in [0.717, 1.165) is 22.3 Å². The monoisotopic (exact) mass is 305 g/mol. The summed E-state index contributed by atoms with van der Waals surface area (Å²) in [5.41, 5.74) is 4.73. The molecule has 0 amide bonds. The SMILES string of the molecule is Cc1c(-c2ccc(Br)cc2)n[nH]c1C1CCCN1. The lowest BCUT2D eigenvalue weighted by molar-refractivity contribution is 0.622. The van der Waals surface area contributed by atoms with Crippen molar-refractivity contribution in [3.8, 4) is 11.3 Å². The van der Waals surface area contributed by atoms with Gasteiger partial charge in [0.1, 0.15) is 0 Å². The minimum atomic E-state index is 0.446. The maximum Gasteiger partial charge on any atom is 0.0953 e. The van der Waals surface area contributed by atoms with Gasteiger partial charge in [0.2, 0.25) is 0 Å². The Morgan fingerprint density at radius 1 is 1.28 bits per heavy atom. The number of H-pyrrole nitrogens is 1. The highest BCUT2D eigenvalue weighted by Gasteiger charge is 2.22. The van der Waals surface area contributed by atoms with E-state index in [2.05, 4.69) is 62.6 Å². The fourth-order valence-corrected chi connectivity index (χ4v) is 2.83. The molecule has 3 rings (SSSR count). The van der Waals surface area contributed by atoms with Gasteiger partial charge in [-0.05, 0) is 44.0 Å². The van der Waals surface area contributed by atoms with Crippen molar-refractivity contribution in [3.63, 3.8) is 0 Å². The van der Waals surface area contributed by atoms with E-state index < -0.39 is 0 Å². The van der Waals surface area contributed by atoms with Crippen molar-refractivity contribution in [1.82, 2.24) is 15.5 Å². The third kappa shape index (κ3) is 2.10. The molecule has 1 aromatic heterocycles. The second kappa shape index (κ2) is 4.86. The first-order valence-electron chi connectivity index (χ1n) is 6.30. The normalized spacial score (nSPS) is 19.3. The van der Waals surface area contributed by atoms with Gasteiger partial charge >= 0.3 is 0 Å². The predicted octanol–water partition coefficient (Wildman–Crippen LogP) is 3.57. The van der Waals surface area contributed by atoms with Crippen LogP contribution in [0.25, 0.3) is 11.3 Å². The van der Waals surface area contributed by atoms with Crippen molar-refractivity contribution < 1.29 is 0 Å². The first kappa shape index (κ1) is 11.9. The number of hydrogen-bond donors (Lipinski definition) is 2. The highest BCUT2D eigenvalue weighted by atomic mass is 79.9. The Kier molecular flexibility index (Phi) is 3.22. The Morgan fingerprint density at radius 3 is 2.72 bits per heavy atom. The van der Waals surface area contributed by atoms with E-state index in [4.69, 9.17) is 0 Å². The molecular weight excluding hydrogens is 290 g/mol. The molecular formula is C14H16BrN3. The van der Waals surface area contributed by atoms with E-state index in [-0.39, 0.29) is 0 Å².